The molecule has 5 rings (SSSR count). The van der Waals surface area contributed by atoms with E-state index in [0.717, 1.165) is 52.9 Å². The number of benzene rings is 2. The molecule has 0 atom stereocenters. The maximum absolute atomic E-state index is 13.1. The number of nitrogens with one attached hydrogen (secondary N) is 1. The number of aromatic nitrogens is 3. The minimum atomic E-state index is -0.139. The molecular formula is C22H18N4O. The molecule has 4 aromatic rings. The van der Waals surface area contributed by atoms with Crippen molar-refractivity contribution in [2.24, 2.45) is 0 Å². The lowest BCUT2D eigenvalue weighted by Gasteiger charge is -2.12. The molecule has 0 bridgehead atoms. The number of fused-ring (bicyclic) bond motifs is 2. The minimum Gasteiger partial charge on any atom is -0.306 e. The summed E-state index contributed by atoms with van der Waals surface area (Å²) in [6.07, 6.45) is 4.71. The molecule has 1 N–H and O–H groups in total. The molecule has 0 fully saturated rings. The van der Waals surface area contributed by atoms with Gasteiger partial charge in [-0.3, -0.25) is 9.78 Å². The van der Waals surface area contributed by atoms with E-state index in [2.05, 4.69) is 10.3 Å². The van der Waals surface area contributed by atoms with Crippen LogP contribution in [0.3, 0.4) is 0 Å². The van der Waals surface area contributed by atoms with Crippen LogP contribution in [-0.2, 0) is 12.8 Å². The van der Waals surface area contributed by atoms with Crippen LogP contribution in [0.2, 0.25) is 0 Å². The van der Waals surface area contributed by atoms with E-state index in [0.29, 0.717) is 5.56 Å². The maximum Gasteiger partial charge on any atom is 0.257 e. The van der Waals surface area contributed by atoms with Crippen molar-refractivity contribution >= 4 is 22.6 Å². The molecule has 0 aliphatic heterocycles. The Labute approximate surface area is 156 Å². The number of hydrogen-bond acceptors (Lipinski definition) is 3. The molecule has 1 aliphatic rings. The van der Waals surface area contributed by atoms with Gasteiger partial charge < -0.3 is 5.32 Å². The Kier molecular flexibility index (Phi) is 3.71. The molecule has 5 heteroatoms. The Hall–Kier alpha value is -3.47. The lowest BCUT2D eigenvalue weighted by Crippen LogP contribution is -2.16. The van der Waals surface area contributed by atoms with Gasteiger partial charge in [0, 0.05) is 22.7 Å². The highest BCUT2D eigenvalue weighted by Crippen LogP contribution is 2.31. The number of anilines is 1. The average Bonchev–Trinajstić information content (AvgIpc) is 3.31. The fourth-order valence-corrected chi connectivity index (χ4v) is 3.75. The van der Waals surface area contributed by atoms with Gasteiger partial charge >= 0.3 is 0 Å². The summed E-state index contributed by atoms with van der Waals surface area (Å²) in [6.45, 7) is 0. The zero-order chi connectivity index (χ0) is 18.2. The highest BCUT2D eigenvalue weighted by Gasteiger charge is 2.25. The number of amides is 1. The second kappa shape index (κ2) is 6.36. The van der Waals surface area contributed by atoms with Crippen molar-refractivity contribution < 1.29 is 4.79 Å². The van der Waals surface area contributed by atoms with Crippen molar-refractivity contribution in [2.45, 2.75) is 19.3 Å². The summed E-state index contributed by atoms with van der Waals surface area (Å²) in [5.74, 6) is 0.639. The summed E-state index contributed by atoms with van der Waals surface area (Å²) in [5.41, 5.74) is 4.60. The molecular weight excluding hydrogens is 336 g/mol. The van der Waals surface area contributed by atoms with E-state index in [4.69, 9.17) is 5.10 Å². The Morgan fingerprint density at radius 1 is 0.963 bits per heavy atom. The van der Waals surface area contributed by atoms with Gasteiger partial charge in [0.05, 0.1) is 16.9 Å². The first-order chi connectivity index (χ1) is 13.3. The van der Waals surface area contributed by atoms with Crippen LogP contribution >= 0.6 is 0 Å². The Balaban J connectivity index is 1.58. The summed E-state index contributed by atoms with van der Waals surface area (Å²) in [6, 6.07) is 19.3. The van der Waals surface area contributed by atoms with Crippen LogP contribution in [0.5, 0.6) is 0 Å². The van der Waals surface area contributed by atoms with Crippen molar-refractivity contribution in [1.82, 2.24) is 14.8 Å². The van der Waals surface area contributed by atoms with Crippen LogP contribution in [0.25, 0.3) is 16.6 Å². The molecule has 5 nitrogen and oxygen atoms in total. The Bertz CT molecular complexity index is 1140. The number of nitrogens with zero attached hydrogens (tertiary/aromatic N) is 3. The van der Waals surface area contributed by atoms with Crippen LogP contribution in [-0.4, -0.2) is 20.7 Å². The van der Waals surface area contributed by atoms with E-state index in [-0.39, 0.29) is 5.91 Å². The van der Waals surface area contributed by atoms with E-state index in [9.17, 15) is 4.79 Å². The first kappa shape index (κ1) is 15.8. The highest BCUT2D eigenvalue weighted by molar-refractivity contribution is 6.12. The Morgan fingerprint density at radius 3 is 2.74 bits per heavy atom. The third-order valence-electron chi connectivity index (χ3n) is 5.03. The summed E-state index contributed by atoms with van der Waals surface area (Å²) in [7, 11) is 0. The number of para-hydroxylation sites is 1. The van der Waals surface area contributed by atoms with Crippen LogP contribution in [0.4, 0.5) is 5.82 Å². The molecule has 0 spiro atoms. The number of carbonyl (C=O) groups excluding carboxylic acids is 1. The van der Waals surface area contributed by atoms with Gasteiger partial charge in [-0.2, -0.15) is 5.10 Å². The lowest BCUT2D eigenvalue weighted by molar-refractivity contribution is 0.102. The van der Waals surface area contributed by atoms with E-state index < -0.39 is 0 Å². The SMILES string of the molecule is O=C(Nc1c2c(nn1-c1ccccc1)CCC2)c1cccc2ncccc12. The normalized spacial score (nSPS) is 12.9. The van der Waals surface area contributed by atoms with Gasteiger partial charge in [0.15, 0.2) is 0 Å². The van der Waals surface area contributed by atoms with Gasteiger partial charge in [-0.15, -0.1) is 0 Å². The smallest absolute Gasteiger partial charge is 0.257 e. The summed E-state index contributed by atoms with van der Waals surface area (Å²) >= 11 is 0. The molecule has 0 saturated heterocycles. The predicted octanol–water partition coefficient (Wildman–Crippen LogP) is 4.16. The Morgan fingerprint density at radius 2 is 1.85 bits per heavy atom. The summed E-state index contributed by atoms with van der Waals surface area (Å²) in [5, 5.41) is 8.74. The standard InChI is InChI=1S/C22H18N4O/c27-22(17-9-4-12-19-16(17)11-6-14-23-19)24-21-18-10-5-13-20(18)25-26(21)15-7-2-1-3-8-15/h1-4,6-9,11-12,14H,5,10,13H2,(H,24,27). The molecule has 132 valence electrons. The van der Waals surface area contributed by atoms with Crippen molar-refractivity contribution in [2.75, 3.05) is 5.32 Å². The monoisotopic (exact) mass is 354 g/mol. The fourth-order valence-electron chi connectivity index (χ4n) is 3.75. The van der Waals surface area contributed by atoms with Gasteiger partial charge in [-0.25, -0.2) is 4.68 Å². The second-order valence-corrected chi connectivity index (χ2v) is 6.70. The van der Waals surface area contributed by atoms with Crippen molar-refractivity contribution in [3.05, 3.63) is 83.7 Å². The minimum absolute atomic E-state index is 0.139. The van der Waals surface area contributed by atoms with Crippen LogP contribution in [0, 0.1) is 0 Å². The first-order valence-corrected chi connectivity index (χ1v) is 9.12. The maximum atomic E-state index is 13.1. The number of rotatable bonds is 3. The second-order valence-electron chi connectivity index (χ2n) is 6.70. The number of hydrogen-bond donors (Lipinski definition) is 1. The van der Waals surface area contributed by atoms with E-state index in [1.54, 1.807) is 6.20 Å². The molecule has 1 aliphatic carbocycles. The molecule has 2 aromatic heterocycles. The molecule has 2 aromatic carbocycles. The van der Waals surface area contributed by atoms with Gasteiger partial charge in [-0.05, 0) is 49.6 Å². The van der Waals surface area contributed by atoms with Gasteiger partial charge in [0.2, 0.25) is 0 Å². The molecule has 27 heavy (non-hydrogen) atoms. The first-order valence-electron chi connectivity index (χ1n) is 9.12. The zero-order valence-corrected chi connectivity index (χ0v) is 14.7. The third-order valence-corrected chi connectivity index (χ3v) is 5.03. The van der Waals surface area contributed by atoms with E-state index >= 15 is 0 Å². The topological polar surface area (TPSA) is 59.8 Å². The van der Waals surface area contributed by atoms with E-state index in [1.165, 1.54) is 0 Å². The molecule has 1 amide bonds. The lowest BCUT2D eigenvalue weighted by atomic mass is 10.1. The van der Waals surface area contributed by atoms with Gasteiger partial charge in [-0.1, -0.05) is 30.3 Å². The molecule has 0 unspecified atom stereocenters. The molecule has 0 saturated carbocycles. The third kappa shape index (κ3) is 2.68. The molecule has 2 heterocycles. The summed E-state index contributed by atoms with van der Waals surface area (Å²) in [4.78, 5) is 17.5. The van der Waals surface area contributed by atoms with Crippen molar-refractivity contribution in [3.63, 3.8) is 0 Å². The number of pyridine rings is 1. The largest absolute Gasteiger partial charge is 0.306 e. The van der Waals surface area contributed by atoms with Crippen LogP contribution in [0.1, 0.15) is 28.0 Å². The zero-order valence-electron chi connectivity index (χ0n) is 14.7. The summed E-state index contributed by atoms with van der Waals surface area (Å²) < 4.78 is 1.85. The van der Waals surface area contributed by atoms with Crippen LogP contribution < -0.4 is 5.32 Å². The van der Waals surface area contributed by atoms with Crippen molar-refractivity contribution in [3.8, 4) is 5.69 Å². The quantitative estimate of drug-likeness (QED) is 0.601. The number of carbonyl (C=O) groups is 1. The fraction of sp³-hybridized carbons (Fsp3) is 0.136. The van der Waals surface area contributed by atoms with E-state index in [1.807, 2.05) is 65.3 Å². The van der Waals surface area contributed by atoms with Gasteiger partial charge in [0.1, 0.15) is 5.82 Å². The average molecular weight is 354 g/mol. The molecule has 0 radical (unpaired) electrons. The number of aryl methyl sites for hydroxylation is 1. The predicted molar refractivity (Wildman–Crippen MR) is 105 cm³/mol. The van der Waals surface area contributed by atoms with Crippen LogP contribution in [0.15, 0.2) is 66.9 Å². The highest BCUT2D eigenvalue weighted by atomic mass is 16.1. The van der Waals surface area contributed by atoms with Gasteiger partial charge in [0.25, 0.3) is 5.91 Å². The van der Waals surface area contributed by atoms with Crippen molar-refractivity contribution in [1.29, 1.82) is 0 Å².